The van der Waals surface area contributed by atoms with Gasteiger partial charge < -0.3 is 0 Å². The molecule has 0 bridgehead atoms. The van der Waals surface area contributed by atoms with E-state index in [9.17, 15) is 13.6 Å². The lowest BCUT2D eigenvalue weighted by atomic mass is 10.2. The molecule has 0 fully saturated rings. The van der Waals surface area contributed by atoms with Crippen molar-refractivity contribution in [2.75, 3.05) is 0 Å². The van der Waals surface area contributed by atoms with Gasteiger partial charge >= 0.3 is 5.92 Å². The molecule has 0 aliphatic rings. The molecule has 0 unspecified atom stereocenters. The Balaban J connectivity index is 3.53. The molecule has 0 aromatic carbocycles. The second kappa shape index (κ2) is 2.74. The molecular weight excluding hydrogens is 114 g/mol. The predicted molar refractivity (Wildman–Crippen MR) is 25.9 cm³/mol. The van der Waals surface area contributed by atoms with Gasteiger partial charge in [0.2, 0.25) is 0 Å². The van der Waals surface area contributed by atoms with Gasteiger partial charge in [0.05, 0.1) is 0 Å². The van der Waals surface area contributed by atoms with E-state index >= 15 is 0 Å². The fraction of sp³-hybridized carbons (Fsp3) is 0.800. The molecule has 0 amide bonds. The highest BCUT2D eigenvalue weighted by molar-refractivity contribution is 5.59. The van der Waals surface area contributed by atoms with Gasteiger partial charge in [-0.1, -0.05) is 6.92 Å². The largest absolute Gasteiger partial charge is 0.302 e. The molecule has 3 heteroatoms. The molecular formula is C5H8F2O. The molecule has 0 heterocycles. The molecule has 0 aliphatic carbocycles. The first-order valence-electron chi connectivity index (χ1n) is 2.46. The molecule has 0 radical (unpaired) electrons. The number of halogens is 2. The number of alkyl halides is 2. The van der Waals surface area contributed by atoms with E-state index in [2.05, 4.69) is 0 Å². The molecule has 0 saturated carbocycles. The molecule has 0 N–H and O–H groups in total. The van der Waals surface area contributed by atoms with Crippen molar-refractivity contribution in [2.45, 2.75) is 25.7 Å². The summed E-state index contributed by atoms with van der Waals surface area (Å²) in [6, 6.07) is 0. The van der Waals surface area contributed by atoms with Crippen molar-refractivity contribution in [1.82, 2.24) is 0 Å². The predicted octanol–water partition coefficient (Wildman–Crippen LogP) is 1.62. The Hall–Kier alpha value is -0.470. The van der Waals surface area contributed by atoms with Gasteiger partial charge in [0, 0.05) is 6.42 Å². The Bertz CT molecular complexity index is 80.5. The maximum Gasteiger partial charge on any atom is 0.302 e. The quantitative estimate of drug-likeness (QED) is 0.520. The third kappa shape index (κ3) is 2.66. The lowest BCUT2D eigenvalue weighted by molar-refractivity contribution is -0.129. The van der Waals surface area contributed by atoms with E-state index in [4.69, 9.17) is 0 Å². The summed E-state index contributed by atoms with van der Waals surface area (Å²) in [7, 11) is 0. The maximum absolute atomic E-state index is 11.8. The van der Waals surface area contributed by atoms with E-state index in [1.54, 1.807) is 6.92 Å². The monoisotopic (exact) mass is 122 g/mol. The normalized spacial score (nSPS) is 11.4. The van der Waals surface area contributed by atoms with Crippen LogP contribution in [-0.2, 0) is 4.79 Å². The van der Waals surface area contributed by atoms with Crippen LogP contribution in [-0.4, -0.2) is 12.2 Å². The first kappa shape index (κ1) is 7.53. The van der Waals surface area contributed by atoms with Gasteiger partial charge in [-0.2, -0.15) is 8.78 Å². The lowest BCUT2D eigenvalue weighted by Gasteiger charge is -2.03. The zero-order chi connectivity index (χ0) is 6.62. The van der Waals surface area contributed by atoms with E-state index in [1.807, 2.05) is 0 Å². The van der Waals surface area contributed by atoms with E-state index in [0.717, 1.165) is 0 Å². The SMILES string of the molecule is CCCC(F)(F)C=O. The van der Waals surface area contributed by atoms with Crippen LogP contribution in [0.25, 0.3) is 0 Å². The zero-order valence-electron chi connectivity index (χ0n) is 4.66. The Morgan fingerprint density at radius 1 is 1.62 bits per heavy atom. The van der Waals surface area contributed by atoms with Crippen molar-refractivity contribution in [2.24, 2.45) is 0 Å². The van der Waals surface area contributed by atoms with Crippen molar-refractivity contribution >= 4 is 6.29 Å². The summed E-state index contributed by atoms with van der Waals surface area (Å²) in [5.74, 6) is -3.09. The van der Waals surface area contributed by atoms with Crippen molar-refractivity contribution in [3.05, 3.63) is 0 Å². The zero-order valence-corrected chi connectivity index (χ0v) is 4.66. The Morgan fingerprint density at radius 3 is 2.25 bits per heavy atom. The van der Waals surface area contributed by atoms with Crippen LogP contribution >= 0.6 is 0 Å². The summed E-state index contributed by atoms with van der Waals surface area (Å²) in [6.45, 7) is 1.61. The van der Waals surface area contributed by atoms with Crippen molar-refractivity contribution in [3.63, 3.8) is 0 Å². The standard InChI is InChI=1S/C5H8F2O/c1-2-3-5(6,7)4-8/h4H,2-3H2,1H3. The highest BCUT2D eigenvalue weighted by Crippen LogP contribution is 2.15. The third-order valence-corrected chi connectivity index (χ3v) is 0.756. The second-order valence-electron chi connectivity index (χ2n) is 1.63. The molecule has 0 aromatic rings. The third-order valence-electron chi connectivity index (χ3n) is 0.756. The highest BCUT2D eigenvalue weighted by Gasteiger charge is 2.25. The van der Waals surface area contributed by atoms with Crippen LogP contribution in [0.1, 0.15) is 19.8 Å². The smallest absolute Gasteiger partial charge is 0.297 e. The van der Waals surface area contributed by atoms with Crippen molar-refractivity contribution in [1.29, 1.82) is 0 Å². The number of hydrogen-bond donors (Lipinski definition) is 0. The first-order chi connectivity index (χ1) is 3.62. The minimum absolute atomic E-state index is 0.309. The number of carbonyl (C=O) groups excluding carboxylic acids is 1. The molecule has 48 valence electrons. The summed E-state index contributed by atoms with van der Waals surface area (Å²) < 4.78 is 23.6. The fourth-order valence-corrected chi connectivity index (χ4v) is 0.392. The fourth-order valence-electron chi connectivity index (χ4n) is 0.392. The average molecular weight is 122 g/mol. The van der Waals surface area contributed by atoms with E-state index in [1.165, 1.54) is 0 Å². The lowest BCUT2D eigenvalue weighted by Crippen LogP contribution is -2.16. The molecule has 0 aliphatic heterocycles. The van der Waals surface area contributed by atoms with Gasteiger partial charge in [0.1, 0.15) is 0 Å². The summed E-state index contributed by atoms with van der Waals surface area (Å²) in [5.41, 5.74) is 0. The van der Waals surface area contributed by atoms with Gasteiger partial charge in [-0.3, -0.25) is 4.79 Å². The molecule has 0 spiro atoms. The van der Waals surface area contributed by atoms with Crippen molar-refractivity contribution in [3.8, 4) is 0 Å². The minimum atomic E-state index is -3.09. The average Bonchev–Trinajstić information content (AvgIpc) is 1.67. The first-order valence-corrected chi connectivity index (χ1v) is 2.46. The Kier molecular flexibility index (Phi) is 2.58. The molecule has 0 aromatic heterocycles. The molecule has 0 saturated heterocycles. The van der Waals surface area contributed by atoms with Crippen LogP contribution in [0.4, 0.5) is 8.78 Å². The van der Waals surface area contributed by atoms with Gasteiger partial charge in [-0.25, -0.2) is 0 Å². The van der Waals surface area contributed by atoms with Gasteiger partial charge in [0.25, 0.3) is 0 Å². The molecule has 1 nitrogen and oxygen atoms in total. The Morgan fingerprint density at radius 2 is 2.12 bits per heavy atom. The maximum atomic E-state index is 11.8. The number of aldehydes is 1. The number of rotatable bonds is 3. The summed E-state index contributed by atoms with van der Waals surface area (Å²) >= 11 is 0. The summed E-state index contributed by atoms with van der Waals surface area (Å²) in [5, 5.41) is 0. The van der Waals surface area contributed by atoms with Crippen LogP contribution < -0.4 is 0 Å². The van der Waals surface area contributed by atoms with E-state index in [0.29, 0.717) is 6.42 Å². The molecule has 8 heavy (non-hydrogen) atoms. The van der Waals surface area contributed by atoms with Crippen LogP contribution in [0.2, 0.25) is 0 Å². The van der Waals surface area contributed by atoms with E-state index < -0.39 is 5.92 Å². The summed E-state index contributed by atoms with van der Waals surface area (Å²) in [4.78, 5) is 9.47. The van der Waals surface area contributed by atoms with Crippen LogP contribution in [0.3, 0.4) is 0 Å². The van der Waals surface area contributed by atoms with Crippen LogP contribution in [0, 0.1) is 0 Å². The molecule has 0 atom stereocenters. The topological polar surface area (TPSA) is 17.1 Å². The number of hydrogen-bond acceptors (Lipinski definition) is 1. The highest BCUT2D eigenvalue weighted by atomic mass is 19.3. The minimum Gasteiger partial charge on any atom is -0.297 e. The Labute approximate surface area is 46.7 Å². The number of carbonyl (C=O) groups is 1. The second-order valence-corrected chi connectivity index (χ2v) is 1.63. The van der Waals surface area contributed by atoms with Gasteiger partial charge in [-0.05, 0) is 6.42 Å². The summed E-state index contributed by atoms with van der Waals surface area (Å²) in [6.07, 6.45) is -0.307. The van der Waals surface area contributed by atoms with Crippen LogP contribution in [0.15, 0.2) is 0 Å². The molecule has 0 rings (SSSR count). The van der Waals surface area contributed by atoms with Gasteiger partial charge in [0.15, 0.2) is 6.29 Å². The van der Waals surface area contributed by atoms with Crippen molar-refractivity contribution < 1.29 is 13.6 Å². The van der Waals surface area contributed by atoms with Gasteiger partial charge in [-0.15, -0.1) is 0 Å². The van der Waals surface area contributed by atoms with E-state index in [-0.39, 0.29) is 12.7 Å². The van der Waals surface area contributed by atoms with Crippen LogP contribution in [0.5, 0.6) is 0 Å².